The zero-order valence-corrected chi connectivity index (χ0v) is 12.3. The van der Waals surface area contributed by atoms with Crippen molar-refractivity contribution in [2.45, 2.75) is 24.9 Å². The summed E-state index contributed by atoms with van der Waals surface area (Å²) in [6, 6.07) is 2.46. The summed E-state index contributed by atoms with van der Waals surface area (Å²) in [6.45, 7) is 0.397. The molecule has 0 aromatic heterocycles. The van der Waals surface area contributed by atoms with E-state index in [4.69, 9.17) is 10.5 Å². The van der Waals surface area contributed by atoms with Crippen LogP contribution in [0.3, 0.4) is 0 Å². The number of aliphatic hydroxyl groups is 1. The molecule has 6 heteroatoms. The lowest BCUT2D eigenvalue weighted by Crippen LogP contribution is -2.38. The fourth-order valence-corrected chi connectivity index (χ4v) is 2.34. The highest BCUT2D eigenvalue weighted by Gasteiger charge is 2.30. The second-order valence-electron chi connectivity index (χ2n) is 4.55. The van der Waals surface area contributed by atoms with Crippen molar-refractivity contribution < 1.29 is 18.6 Å². The van der Waals surface area contributed by atoms with Crippen LogP contribution in [0.5, 0.6) is 0 Å². The standard InChI is InChI=1S/C13H18BrF2NO2/c1-19-8-13(18,5-2-6-17)7-9-11(15)4-3-10(14)12(9)16/h3-4,18H,2,5-8,17H2,1H3. The van der Waals surface area contributed by atoms with E-state index in [1.807, 2.05) is 0 Å². The average Bonchev–Trinajstić information content (AvgIpc) is 2.37. The molecule has 1 aromatic rings. The molecule has 0 heterocycles. The molecule has 3 N–H and O–H groups in total. The van der Waals surface area contributed by atoms with Crippen molar-refractivity contribution >= 4 is 15.9 Å². The Kier molecular flexibility index (Phi) is 6.32. The Morgan fingerprint density at radius 2 is 2.11 bits per heavy atom. The third kappa shape index (κ3) is 4.49. The molecule has 0 amide bonds. The summed E-state index contributed by atoms with van der Waals surface area (Å²) in [7, 11) is 1.43. The van der Waals surface area contributed by atoms with E-state index in [0.717, 1.165) is 0 Å². The zero-order chi connectivity index (χ0) is 14.5. The summed E-state index contributed by atoms with van der Waals surface area (Å²) in [4.78, 5) is 0. The summed E-state index contributed by atoms with van der Waals surface area (Å²) in [5, 5.41) is 10.4. The topological polar surface area (TPSA) is 55.5 Å². The third-order valence-corrected chi connectivity index (χ3v) is 3.52. The molecule has 3 nitrogen and oxygen atoms in total. The van der Waals surface area contributed by atoms with Crippen LogP contribution in [-0.4, -0.2) is 31.0 Å². The van der Waals surface area contributed by atoms with Gasteiger partial charge in [0.15, 0.2) is 0 Å². The number of halogens is 3. The molecule has 0 saturated heterocycles. The van der Waals surface area contributed by atoms with E-state index in [-0.39, 0.29) is 23.1 Å². The summed E-state index contributed by atoms with van der Waals surface area (Å²) >= 11 is 3.00. The number of hydrogen-bond donors (Lipinski definition) is 2. The molecule has 0 aliphatic rings. The van der Waals surface area contributed by atoms with E-state index >= 15 is 0 Å². The Bertz CT molecular complexity index is 431. The molecular formula is C13H18BrF2NO2. The predicted molar refractivity (Wildman–Crippen MR) is 72.9 cm³/mol. The number of methoxy groups -OCH3 is 1. The van der Waals surface area contributed by atoms with Crippen LogP contribution in [0.1, 0.15) is 18.4 Å². The third-order valence-electron chi connectivity index (χ3n) is 2.90. The van der Waals surface area contributed by atoms with Crippen molar-refractivity contribution in [3.63, 3.8) is 0 Å². The Labute approximate surface area is 119 Å². The zero-order valence-electron chi connectivity index (χ0n) is 10.8. The quantitative estimate of drug-likeness (QED) is 0.751. The molecular weight excluding hydrogens is 320 g/mol. The first-order chi connectivity index (χ1) is 8.93. The number of benzene rings is 1. The first-order valence-corrected chi connectivity index (χ1v) is 6.76. The molecule has 0 fully saturated rings. The van der Waals surface area contributed by atoms with E-state index in [9.17, 15) is 13.9 Å². The van der Waals surface area contributed by atoms with Gasteiger partial charge in [-0.2, -0.15) is 0 Å². The minimum absolute atomic E-state index is 0.00159. The highest BCUT2D eigenvalue weighted by Crippen LogP contribution is 2.27. The smallest absolute Gasteiger partial charge is 0.143 e. The Morgan fingerprint density at radius 3 is 2.68 bits per heavy atom. The molecule has 0 aliphatic heterocycles. The van der Waals surface area contributed by atoms with Gasteiger partial charge in [-0.15, -0.1) is 0 Å². The van der Waals surface area contributed by atoms with Crippen LogP contribution >= 0.6 is 15.9 Å². The van der Waals surface area contributed by atoms with E-state index in [1.54, 1.807) is 0 Å². The maximum atomic E-state index is 13.9. The average molecular weight is 338 g/mol. The largest absolute Gasteiger partial charge is 0.387 e. The molecule has 0 bridgehead atoms. The van der Waals surface area contributed by atoms with Crippen molar-refractivity contribution in [2.75, 3.05) is 20.3 Å². The van der Waals surface area contributed by atoms with Gasteiger partial charge in [0.2, 0.25) is 0 Å². The Morgan fingerprint density at radius 1 is 1.42 bits per heavy atom. The Balaban J connectivity index is 2.99. The summed E-state index contributed by atoms with van der Waals surface area (Å²) in [5.74, 6) is -1.37. The number of rotatable bonds is 7. The highest BCUT2D eigenvalue weighted by atomic mass is 79.9. The maximum absolute atomic E-state index is 13.9. The molecule has 1 atom stereocenters. The highest BCUT2D eigenvalue weighted by molar-refractivity contribution is 9.10. The van der Waals surface area contributed by atoms with Crippen LogP contribution in [0.15, 0.2) is 16.6 Å². The van der Waals surface area contributed by atoms with Gasteiger partial charge >= 0.3 is 0 Å². The number of ether oxygens (including phenoxy) is 1. The van der Waals surface area contributed by atoms with Crippen LogP contribution in [0.4, 0.5) is 8.78 Å². The van der Waals surface area contributed by atoms with E-state index in [1.165, 1.54) is 19.2 Å². The molecule has 108 valence electrons. The first kappa shape index (κ1) is 16.5. The molecule has 0 aliphatic carbocycles. The predicted octanol–water partition coefficient (Wildman–Crippen LogP) is 2.39. The number of hydrogen-bond acceptors (Lipinski definition) is 3. The fraction of sp³-hybridized carbons (Fsp3) is 0.538. The molecule has 0 radical (unpaired) electrons. The van der Waals surface area contributed by atoms with Crippen LogP contribution in [0, 0.1) is 11.6 Å². The van der Waals surface area contributed by atoms with Crippen molar-refractivity contribution in [3.05, 3.63) is 33.8 Å². The fourth-order valence-electron chi connectivity index (χ4n) is 1.97. The van der Waals surface area contributed by atoms with Crippen molar-refractivity contribution in [1.82, 2.24) is 0 Å². The van der Waals surface area contributed by atoms with Crippen molar-refractivity contribution in [2.24, 2.45) is 5.73 Å². The van der Waals surface area contributed by atoms with Gasteiger partial charge in [0, 0.05) is 19.1 Å². The van der Waals surface area contributed by atoms with Crippen LogP contribution in [0.25, 0.3) is 0 Å². The van der Waals surface area contributed by atoms with Gasteiger partial charge in [-0.1, -0.05) is 0 Å². The first-order valence-electron chi connectivity index (χ1n) is 5.97. The number of nitrogens with two attached hydrogens (primary N) is 1. The SMILES string of the molecule is COCC(O)(CCCN)Cc1c(F)ccc(Br)c1F. The van der Waals surface area contributed by atoms with Crippen LogP contribution < -0.4 is 5.73 Å². The molecule has 1 aromatic carbocycles. The van der Waals surface area contributed by atoms with Gasteiger partial charge in [-0.25, -0.2) is 8.78 Å². The summed E-state index contributed by atoms with van der Waals surface area (Å²) in [5.41, 5.74) is 3.93. The lowest BCUT2D eigenvalue weighted by Gasteiger charge is -2.28. The lowest BCUT2D eigenvalue weighted by atomic mass is 9.90. The van der Waals surface area contributed by atoms with Gasteiger partial charge in [-0.3, -0.25) is 0 Å². The normalized spacial score (nSPS) is 14.4. The minimum Gasteiger partial charge on any atom is -0.387 e. The second-order valence-corrected chi connectivity index (χ2v) is 5.40. The molecule has 19 heavy (non-hydrogen) atoms. The van der Waals surface area contributed by atoms with Gasteiger partial charge in [0.05, 0.1) is 16.7 Å². The molecule has 0 saturated carbocycles. The van der Waals surface area contributed by atoms with Crippen molar-refractivity contribution in [1.29, 1.82) is 0 Å². The minimum atomic E-state index is -1.32. The monoisotopic (exact) mass is 337 g/mol. The van der Waals surface area contributed by atoms with Gasteiger partial charge in [-0.05, 0) is 47.4 Å². The summed E-state index contributed by atoms with van der Waals surface area (Å²) < 4.78 is 32.7. The van der Waals surface area contributed by atoms with Gasteiger partial charge < -0.3 is 15.6 Å². The lowest BCUT2D eigenvalue weighted by molar-refractivity contribution is -0.0385. The molecule has 1 rings (SSSR count). The second kappa shape index (κ2) is 7.28. The van der Waals surface area contributed by atoms with Crippen LogP contribution in [-0.2, 0) is 11.2 Å². The summed E-state index contributed by atoms with van der Waals surface area (Å²) in [6.07, 6.45) is 0.720. The van der Waals surface area contributed by atoms with E-state index in [2.05, 4.69) is 15.9 Å². The maximum Gasteiger partial charge on any atom is 0.143 e. The molecule has 1 unspecified atom stereocenters. The van der Waals surface area contributed by atoms with E-state index < -0.39 is 17.2 Å². The van der Waals surface area contributed by atoms with Crippen molar-refractivity contribution in [3.8, 4) is 0 Å². The van der Waals surface area contributed by atoms with E-state index in [0.29, 0.717) is 19.4 Å². The van der Waals surface area contributed by atoms with Crippen LogP contribution in [0.2, 0.25) is 0 Å². The Hall–Kier alpha value is -0.560. The van der Waals surface area contributed by atoms with Gasteiger partial charge in [0.25, 0.3) is 0 Å². The van der Waals surface area contributed by atoms with Gasteiger partial charge in [0.1, 0.15) is 11.6 Å². The molecule has 0 spiro atoms.